The summed E-state index contributed by atoms with van der Waals surface area (Å²) in [5.74, 6) is -0.240. The summed E-state index contributed by atoms with van der Waals surface area (Å²) in [6, 6.07) is 10.9. The monoisotopic (exact) mass is 369 g/mol. The van der Waals surface area contributed by atoms with E-state index in [4.69, 9.17) is 4.74 Å². The number of pyridine rings is 1. The molecule has 7 heteroatoms. The van der Waals surface area contributed by atoms with Crippen LogP contribution in [0.4, 0.5) is 0 Å². The van der Waals surface area contributed by atoms with E-state index in [9.17, 15) is 9.59 Å². The third-order valence-electron chi connectivity index (χ3n) is 3.58. The number of hydrogen-bond donors (Lipinski definition) is 0. The van der Waals surface area contributed by atoms with E-state index in [1.807, 2.05) is 24.3 Å². The van der Waals surface area contributed by atoms with Crippen LogP contribution in [0.1, 0.15) is 19.4 Å². The van der Waals surface area contributed by atoms with Crippen LogP contribution in [0.2, 0.25) is 0 Å². The second kappa shape index (κ2) is 8.14. The Labute approximate surface area is 155 Å². The van der Waals surface area contributed by atoms with Crippen LogP contribution >= 0.6 is 11.8 Å². The van der Waals surface area contributed by atoms with E-state index in [0.29, 0.717) is 22.6 Å². The summed E-state index contributed by atoms with van der Waals surface area (Å²) in [5.41, 5.74) is 1.36. The lowest BCUT2D eigenvalue weighted by molar-refractivity contribution is -0.144. The van der Waals surface area contributed by atoms with Crippen LogP contribution < -0.4 is 5.56 Å². The Hall–Kier alpha value is -2.67. The fraction of sp³-hybridized carbons (Fsp3) is 0.263. The molecule has 3 rings (SSSR count). The third-order valence-corrected chi connectivity index (χ3v) is 4.53. The Bertz CT molecular complexity index is 971. The van der Waals surface area contributed by atoms with Gasteiger partial charge in [-0.05, 0) is 37.6 Å². The van der Waals surface area contributed by atoms with Crippen LogP contribution in [-0.2, 0) is 16.1 Å². The number of hydrogen-bond acceptors (Lipinski definition) is 6. The van der Waals surface area contributed by atoms with Crippen molar-refractivity contribution in [3.05, 3.63) is 64.7 Å². The zero-order chi connectivity index (χ0) is 18.5. The lowest BCUT2D eigenvalue weighted by Gasteiger charge is -2.13. The molecule has 0 aliphatic heterocycles. The van der Waals surface area contributed by atoms with Gasteiger partial charge in [-0.15, -0.1) is 0 Å². The second-order valence-corrected chi connectivity index (χ2v) is 6.93. The van der Waals surface area contributed by atoms with Gasteiger partial charge in [-0.1, -0.05) is 30.0 Å². The SMILES string of the molecule is CC(C)OC(=O)CSc1nc2ccccc2c(=O)n1Cc1cccnc1. The van der Waals surface area contributed by atoms with Gasteiger partial charge < -0.3 is 4.74 Å². The Morgan fingerprint density at radius 3 is 2.77 bits per heavy atom. The molecule has 6 nitrogen and oxygen atoms in total. The number of nitrogens with zero attached hydrogens (tertiary/aromatic N) is 3. The Kier molecular flexibility index (Phi) is 5.68. The van der Waals surface area contributed by atoms with E-state index in [1.54, 1.807) is 42.9 Å². The van der Waals surface area contributed by atoms with Gasteiger partial charge in [-0.3, -0.25) is 19.1 Å². The quantitative estimate of drug-likeness (QED) is 0.378. The first-order valence-corrected chi connectivity index (χ1v) is 9.24. The van der Waals surface area contributed by atoms with Gasteiger partial charge in [0.2, 0.25) is 0 Å². The summed E-state index contributed by atoms with van der Waals surface area (Å²) < 4.78 is 6.74. The van der Waals surface area contributed by atoms with E-state index in [0.717, 1.165) is 5.56 Å². The summed E-state index contributed by atoms with van der Waals surface area (Å²) in [5, 5.41) is 1.03. The maximum Gasteiger partial charge on any atom is 0.316 e. The lowest BCUT2D eigenvalue weighted by Crippen LogP contribution is -2.24. The van der Waals surface area contributed by atoms with Crippen LogP contribution in [-0.4, -0.2) is 32.4 Å². The molecule has 0 bridgehead atoms. The molecular formula is C19H19N3O3S. The summed E-state index contributed by atoms with van der Waals surface area (Å²) in [6.45, 7) is 3.94. The number of ether oxygens (including phenoxy) is 1. The molecule has 0 N–H and O–H groups in total. The van der Waals surface area contributed by atoms with Crippen molar-refractivity contribution in [3.8, 4) is 0 Å². The largest absolute Gasteiger partial charge is 0.462 e. The number of fused-ring (bicyclic) bond motifs is 1. The van der Waals surface area contributed by atoms with E-state index in [1.165, 1.54) is 11.8 Å². The molecule has 0 radical (unpaired) electrons. The van der Waals surface area contributed by atoms with Gasteiger partial charge >= 0.3 is 5.97 Å². The number of benzene rings is 1. The lowest BCUT2D eigenvalue weighted by atomic mass is 10.2. The van der Waals surface area contributed by atoms with Crippen molar-refractivity contribution < 1.29 is 9.53 Å². The topological polar surface area (TPSA) is 74.1 Å². The average molecular weight is 369 g/mol. The molecule has 2 heterocycles. The summed E-state index contributed by atoms with van der Waals surface area (Å²) in [7, 11) is 0. The maximum atomic E-state index is 12.9. The van der Waals surface area contributed by atoms with Crippen LogP contribution in [0.5, 0.6) is 0 Å². The Morgan fingerprint density at radius 1 is 1.23 bits per heavy atom. The first-order chi connectivity index (χ1) is 12.5. The minimum atomic E-state index is -0.333. The Balaban J connectivity index is 1.97. The summed E-state index contributed by atoms with van der Waals surface area (Å²) >= 11 is 1.20. The van der Waals surface area contributed by atoms with E-state index >= 15 is 0 Å². The highest BCUT2D eigenvalue weighted by Gasteiger charge is 2.14. The fourth-order valence-corrected chi connectivity index (χ4v) is 3.27. The number of esters is 1. The van der Waals surface area contributed by atoms with Crippen molar-refractivity contribution in [2.45, 2.75) is 31.7 Å². The van der Waals surface area contributed by atoms with Crippen LogP contribution in [0.3, 0.4) is 0 Å². The highest BCUT2D eigenvalue weighted by atomic mass is 32.2. The molecule has 3 aromatic rings. The van der Waals surface area contributed by atoms with Gasteiger partial charge in [0.1, 0.15) is 0 Å². The van der Waals surface area contributed by atoms with Gasteiger partial charge in [0, 0.05) is 12.4 Å². The van der Waals surface area contributed by atoms with Crippen molar-refractivity contribution >= 4 is 28.6 Å². The van der Waals surface area contributed by atoms with Gasteiger partial charge in [0.25, 0.3) is 5.56 Å². The number of rotatable bonds is 6. The van der Waals surface area contributed by atoms with E-state index < -0.39 is 0 Å². The molecule has 2 aromatic heterocycles. The summed E-state index contributed by atoms with van der Waals surface area (Å²) in [4.78, 5) is 33.5. The van der Waals surface area contributed by atoms with Gasteiger partial charge in [-0.2, -0.15) is 0 Å². The number of thioether (sulfide) groups is 1. The molecule has 1 aromatic carbocycles. The van der Waals surface area contributed by atoms with Crippen molar-refractivity contribution in [2.24, 2.45) is 0 Å². The first kappa shape index (κ1) is 18.1. The molecular weight excluding hydrogens is 350 g/mol. The smallest absolute Gasteiger partial charge is 0.316 e. The van der Waals surface area contributed by atoms with Crippen molar-refractivity contribution in [2.75, 3.05) is 5.75 Å². The molecule has 0 spiro atoms. The molecule has 0 aliphatic carbocycles. The van der Waals surface area contributed by atoms with E-state index in [-0.39, 0.29) is 23.4 Å². The summed E-state index contributed by atoms with van der Waals surface area (Å²) in [6.07, 6.45) is 3.22. The number of para-hydroxylation sites is 1. The molecule has 134 valence electrons. The number of aromatic nitrogens is 3. The molecule has 0 amide bonds. The molecule has 0 saturated heterocycles. The molecule has 26 heavy (non-hydrogen) atoms. The Morgan fingerprint density at radius 2 is 2.04 bits per heavy atom. The number of carbonyl (C=O) groups is 1. The van der Waals surface area contributed by atoms with Crippen LogP contribution in [0, 0.1) is 0 Å². The highest BCUT2D eigenvalue weighted by Crippen LogP contribution is 2.19. The number of carbonyl (C=O) groups excluding carboxylic acids is 1. The average Bonchev–Trinajstić information content (AvgIpc) is 2.63. The maximum absolute atomic E-state index is 12.9. The third kappa shape index (κ3) is 4.29. The van der Waals surface area contributed by atoms with Gasteiger partial charge in [0.15, 0.2) is 5.16 Å². The minimum absolute atomic E-state index is 0.0933. The molecule has 0 aliphatic rings. The molecule has 0 atom stereocenters. The zero-order valence-electron chi connectivity index (χ0n) is 14.6. The van der Waals surface area contributed by atoms with Crippen LogP contribution in [0.15, 0.2) is 58.7 Å². The van der Waals surface area contributed by atoms with Crippen molar-refractivity contribution in [1.29, 1.82) is 0 Å². The highest BCUT2D eigenvalue weighted by molar-refractivity contribution is 7.99. The molecule has 0 fully saturated rings. The first-order valence-electron chi connectivity index (χ1n) is 8.25. The molecule has 0 unspecified atom stereocenters. The predicted octanol–water partition coefficient (Wildman–Crippen LogP) is 2.88. The zero-order valence-corrected chi connectivity index (χ0v) is 15.4. The minimum Gasteiger partial charge on any atom is -0.462 e. The van der Waals surface area contributed by atoms with Crippen molar-refractivity contribution in [1.82, 2.24) is 14.5 Å². The van der Waals surface area contributed by atoms with Crippen LogP contribution in [0.25, 0.3) is 10.9 Å². The fourth-order valence-electron chi connectivity index (χ4n) is 2.49. The molecule has 0 saturated carbocycles. The van der Waals surface area contributed by atoms with Crippen molar-refractivity contribution in [3.63, 3.8) is 0 Å². The predicted molar refractivity (Wildman–Crippen MR) is 101 cm³/mol. The van der Waals surface area contributed by atoms with Gasteiger partial charge in [0.05, 0.1) is 29.3 Å². The standard InChI is InChI=1S/C19H19N3O3S/c1-13(2)25-17(23)12-26-19-21-16-8-4-3-7-15(16)18(24)22(19)11-14-6-5-9-20-10-14/h3-10,13H,11-12H2,1-2H3. The normalized spacial score (nSPS) is 11.0. The van der Waals surface area contributed by atoms with Gasteiger partial charge in [-0.25, -0.2) is 4.98 Å². The second-order valence-electron chi connectivity index (χ2n) is 5.99. The van der Waals surface area contributed by atoms with E-state index in [2.05, 4.69) is 9.97 Å².